The maximum atomic E-state index is 12.7. The fourth-order valence-electron chi connectivity index (χ4n) is 2.57. The maximum absolute atomic E-state index is 12.7. The van der Waals surface area contributed by atoms with E-state index in [1.165, 1.54) is 0 Å². The van der Waals surface area contributed by atoms with Crippen LogP contribution in [-0.2, 0) is 0 Å². The van der Waals surface area contributed by atoms with Crippen LogP contribution >= 0.6 is 15.9 Å². The Balaban J connectivity index is 2.14. The van der Waals surface area contributed by atoms with Gasteiger partial charge in [0.25, 0.3) is 5.91 Å². The van der Waals surface area contributed by atoms with Crippen molar-refractivity contribution in [1.29, 1.82) is 0 Å². The topological polar surface area (TPSA) is 52.6 Å². The number of rotatable bonds is 5. The third-order valence-electron chi connectivity index (χ3n) is 3.69. The molecule has 20 heavy (non-hydrogen) atoms. The molecule has 2 N–H and O–H groups in total. The molecule has 4 nitrogen and oxygen atoms in total. The third kappa shape index (κ3) is 3.81. The lowest BCUT2D eigenvalue weighted by atomic mass is 10.1. The molecule has 1 atom stereocenters. The second-order valence-electron chi connectivity index (χ2n) is 5.23. The minimum absolute atomic E-state index is 0.00782. The molecular formula is C15H21BrN2O2. The lowest BCUT2D eigenvalue weighted by molar-refractivity contribution is 0.0706. The summed E-state index contributed by atoms with van der Waals surface area (Å²) in [6.07, 6.45) is 2.24. The molecule has 1 unspecified atom stereocenters. The third-order valence-corrected chi connectivity index (χ3v) is 4.18. The predicted molar refractivity (Wildman–Crippen MR) is 82.9 cm³/mol. The SMILES string of the molecule is Cc1ccc(Br)cc1C(=O)N(CCO)CC1CCCN1. The number of aryl methyl sites for hydroxylation is 1. The summed E-state index contributed by atoms with van der Waals surface area (Å²) in [6.45, 7) is 3.98. The van der Waals surface area contributed by atoms with Gasteiger partial charge in [0.05, 0.1) is 6.61 Å². The molecule has 0 spiro atoms. The van der Waals surface area contributed by atoms with Crippen LogP contribution in [0.1, 0.15) is 28.8 Å². The number of nitrogens with zero attached hydrogens (tertiary/aromatic N) is 1. The summed E-state index contributed by atoms with van der Waals surface area (Å²) in [7, 11) is 0. The van der Waals surface area contributed by atoms with Gasteiger partial charge in [-0.1, -0.05) is 22.0 Å². The Morgan fingerprint density at radius 2 is 2.35 bits per heavy atom. The van der Waals surface area contributed by atoms with Gasteiger partial charge in [0.1, 0.15) is 0 Å². The fourth-order valence-corrected chi connectivity index (χ4v) is 2.93. The number of carbonyl (C=O) groups is 1. The molecule has 0 aromatic heterocycles. The number of benzene rings is 1. The van der Waals surface area contributed by atoms with Crippen LogP contribution in [0.5, 0.6) is 0 Å². The minimum atomic E-state index is -0.00842. The Labute approximate surface area is 128 Å². The van der Waals surface area contributed by atoms with Crippen molar-refractivity contribution in [2.24, 2.45) is 0 Å². The van der Waals surface area contributed by atoms with Crippen LogP contribution in [0.2, 0.25) is 0 Å². The van der Waals surface area contributed by atoms with Gasteiger partial charge in [0.2, 0.25) is 0 Å². The van der Waals surface area contributed by atoms with Crippen LogP contribution in [0, 0.1) is 6.92 Å². The van der Waals surface area contributed by atoms with E-state index in [1.54, 1.807) is 4.90 Å². The van der Waals surface area contributed by atoms with Crippen LogP contribution in [0.15, 0.2) is 22.7 Å². The van der Waals surface area contributed by atoms with Crippen LogP contribution in [-0.4, -0.2) is 48.2 Å². The number of carbonyl (C=O) groups excluding carboxylic acids is 1. The molecule has 5 heteroatoms. The summed E-state index contributed by atoms with van der Waals surface area (Å²) in [5.41, 5.74) is 1.66. The van der Waals surface area contributed by atoms with E-state index < -0.39 is 0 Å². The van der Waals surface area contributed by atoms with Crippen molar-refractivity contribution in [3.8, 4) is 0 Å². The Hall–Kier alpha value is -0.910. The van der Waals surface area contributed by atoms with Gasteiger partial charge in [-0.3, -0.25) is 4.79 Å². The molecule has 0 radical (unpaired) electrons. The number of hydrogen-bond donors (Lipinski definition) is 2. The number of nitrogens with one attached hydrogen (secondary N) is 1. The number of aliphatic hydroxyl groups excluding tert-OH is 1. The first kappa shape index (κ1) is 15.5. The predicted octanol–water partition coefficient (Wildman–Crippen LogP) is 1.94. The Morgan fingerprint density at radius 1 is 1.55 bits per heavy atom. The normalized spacial score (nSPS) is 18.2. The zero-order chi connectivity index (χ0) is 14.5. The molecule has 0 aliphatic carbocycles. The van der Waals surface area contributed by atoms with E-state index in [1.807, 2.05) is 25.1 Å². The lowest BCUT2D eigenvalue weighted by Gasteiger charge is -2.26. The van der Waals surface area contributed by atoms with Gasteiger partial charge >= 0.3 is 0 Å². The molecule has 1 aliphatic heterocycles. The first-order chi connectivity index (χ1) is 9.61. The Morgan fingerprint density at radius 3 is 3.00 bits per heavy atom. The van der Waals surface area contributed by atoms with Crippen molar-refractivity contribution in [3.05, 3.63) is 33.8 Å². The first-order valence-electron chi connectivity index (χ1n) is 7.01. The highest BCUT2D eigenvalue weighted by molar-refractivity contribution is 9.10. The van der Waals surface area contributed by atoms with Gasteiger partial charge in [0, 0.05) is 29.2 Å². The minimum Gasteiger partial charge on any atom is -0.395 e. The average Bonchev–Trinajstić information content (AvgIpc) is 2.93. The number of halogens is 1. The van der Waals surface area contributed by atoms with Crippen molar-refractivity contribution in [2.75, 3.05) is 26.2 Å². The Bertz CT molecular complexity index is 473. The number of hydrogen-bond acceptors (Lipinski definition) is 3. The molecule has 1 aliphatic rings. The Kier molecular flexibility index (Phi) is 5.57. The van der Waals surface area contributed by atoms with Crippen molar-refractivity contribution in [2.45, 2.75) is 25.8 Å². The first-order valence-corrected chi connectivity index (χ1v) is 7.81. The van der Waals surface area contributed by atoms with E-state index in [0.717, 1.165) is 29.4 Å². The van der Waals surface area contributed by atoms with E-state index in [4.69, 9.17) is 0 Å². The summed E-state index contributed by atoms with van der Waals surface area (Å²) in [6, 6.07) is 6.06. The highest BCUT2D eigenvalue weighted by Crippen LogP contribution is 2.18. The standard InChI is InChI=1S/C15H21BrN2O2/c1-11-4-5-12(16)9-14(11)15(20)18(7-8-19)10-13-3-2-6-17-13/h4-5,9,13,17,19H,2-3,6-8,10H2,1H3. The van der Waals surface area contributed by atoms with Crippen LogP contribution in [0.4, 0.5) is 0 Å². The fraction of sp³-hybridized carbons (Fsp3) is 0.533. The quantitative estimate of drug-likeness (QED) is 0.861. The summed E-state index contributed by atoms with van der Waals surface area (Å²) in [4.78, 5) is 14.4. The largest absolute Gasteiger partial charge is 0.395 e. The second-order valence-corrected chi connectivity index (χ2v) is 6.14. The van der Waals surface area contributed by atoms with Crippen molar-refractivity contribution in [3.63, 3.8) is 0 Å². The highest BCUT2D eigenvalue weighted by Gasteiger charge is 2.23. The summed E-state index contributed by atoms with van der Waals surface area (Å²) in [5.74, 6) is -0.00782. The molecule has 1 amide bonds. The van der Waals surface area contributed by atoms with Crippen LogP contribution in [0.3, 0.4) is 0 Å². The molecule has 1 heterocycles. The molecule has 0 saturated carbocycles. The summed E-state index contributed by atoms with van der Waals surface area (Å²) >= 11 is 3.41. The van der Waals surface area contributed by atoms with Crippen molar-refractivity contribution >= 4 is 21.8 Å². The van der Waals surface area contributed by atoms with Crippen LogP contribution < -0.4 is 5.32 Å². The van der Waals surface area contributed by atoms with E-state index in [9.17, 15) is 9.90 Å². The average molecular weight is 341 g/mol. The van der Waals surface area contributed by atoms with E-state index >= 15 is 0 Å². The van der Waals surface area contributed by atoms with E-state index in [-0.39, 0.29) is 12.5 Å². The molecule has 2 rings (SSSR count). The van der Waals surface area contributed by atoms with Gasteiger partial charge < -0.3 is 15.3 Å². The smallest absolute Gasteiger partial charge is 0.254 e. The van der Waals surface area contributed by atoms with Gasteiger partial charge in [-0.2, -0.15) is 0 Å². The monoisotopic (exact) mass is 340 g/mol. The molecular weight excluding hydrogens is 320 g/mol. The molecule has 110 valence electrons. The van der Waals surface area contributed by atoms with E-state index in [0.29, 0.717) is 24.7 Å². The van der Waals surface area contributed by atoms with Gasteiger partial charge in [-0.15, -0.1) is 0 Å². The van der Waals surface area contributed by atoms with Crippen molar-refractivity contribution in [1.82, 2.24) is 10.2 Å². The van der Waals surface area contributed by atoms with E-state index in [2.05, 4.69) is 21.2 Å². The second kappa shape index (κ2) is 7.20. The molecule has 1 saturated heterocycles. The number of amides is 1. The zero-order valence-electron chi connectivity index (χ0n) is 11.7. The summed E-state index contributed by atoms with van der Waals surface area (Å²) < 4.78 is 0.898. The zero-order valence-corrected chi connectivity index (χ0v) is 13.3. The molecule has 0 bridgehead atoms. The highest BCUT2D eigenvalue weighted by atomic mass is 79.9. The van der Waals surface area contributed by atoms with Gasteiger partial charge in [-0.25, -0.2) is 0 Å². The molecule has 1 aromatic carbocycles. The van der Waals surface area contributed by atoms with Gasteiger partial charge in [-0.05, 0) is 44.0 Å². The molecule has 1 aromatic rings. The van der Waals surface area contributed by atoms with Crippen LogP contribution in [0.25, 0.3) is 0 Å². The lowest BCUT2D eigenvalue weighted by Crippen LogP contribution is -2.42. The molecule has 1 fully saturated rings. The number of aliphatic hydroxyl groups is 1. The maximum Gasteiger partial charge on any atom is 0.254 e. The summed E-state index contributed by atoms with van der Waals surface area (Å²) in [5, 5.41) is 12.6. The van der Waals surface area contributed by atoms with Gasteiger partial charge in [0.15, 0.2) is 0 Å². The van der Waals surface area contributed by atoms with Crippen molar-refractivity contribution < 1.29 is 9.90 Å².